The highest BCUT2D eigenvalue weighted by molar-refractivity contribution is 6.22. The summed E-state index contributed by atoms with van der Waals surface area (Å²) >= 11 is 0. The molecule has 0 amide bonds. The van der Waals surface area contributed by atoms with Gasteiger partial charge in [0, 0.05) is 44.4 Å². The normalized spacial score (nSPS) is 13.4. The second-order valence-electron chi connectivity index (χ2n) is 16.4. The summed E-state index contributed by atoms with van der Waals surface area (Å²) in [6, 6.07) is 83.0. The standard InChI is InChI=1S/C59H38N2/c1-3-15-38(16-4-1)39-27-29-40(30-28-39)57-50-24-10-9-21-46(50)52-37-44(32-34-51(52)57)61-55-26-14-12-23-48(55)53-35-41-17-7-8-20-45(41)58(59(53)61)42-31-33-49-47-22-11-13-25-54(47)60(56(49)36-42)43-18-5-2-6-19-43/h1-37,57H. The maximum Gasteiger partial charge on any atom is 0.0625 e. The summed E-state index contributed by atoms with van der Waals surface area (Å²) in [5.74, 6) is 0.158. The molecule has 2 aromatic heterocycles. The van der Waals surface area contributed by atoms with Crippen LogP contribution in [-0.2, 0) is 0 Å². The van der Waals surface area contributed by atoms with Gasteiger partial charge in [-0.05, 0) is 104 Å². The molecular formula is C59H38N2. The number of hydrogen-bond acceptors (Lipinski definition) is 0. The first-order chi connectivity index (χ1) is 30.3. The van der Waals surface area contributed by atoms with Gasteiger partial charge in [-0.25, -0.2) is 0 Å². The number of rotatable bonds is 5. The first-order valence-electron chi connectivity index (χ1n) is 21.2. The molecule has 0 N–H and O–H groups in total. The predicted molar refractivity (Wildman–Crippen MR) is 256 cm³/mol. The van der Waals surface area contributed by atoms with E-state index in [2.05, 4.69) is 234 Å². The molecular weight excluding hydrogens is 737 g/mol. The molecule has 1 atom stereocenters. The van der Waals surface area contributed by atoms with Crippen LogP contribution in [0.25, 0.3) is 99.1 Å². The first-order valence-corrected chi connectivity index (χ1v) is 21.2. The van der Waals surface area contributed by atoms with Crippen LogP contribution >= 0.6 is 0 Å². The van der Waals surface area contributed by atoms with E-state index in [1.807, 2.05) is 0 Å². The van der Waals surface area contributed by atoms with E-state index < -0.39 is 0 Å². The molecule has 2 heterocycles. The Morgan fingerprint density at radius 2 is 0.902 bits per heavy atom. The molecule has 12 aromatic rings. The van der Waals surface area contributed by atoms with Crippen LogP contribution in [0, 0.1) is 0 Å². The largest absolute Gasteiger partial charge is 0.309 e. The van der Waals surface area contributed by atoms with E-state index in [-0.39, 0.29) is 5.92 Å². The topological polar surface area (TPSA) is 9.86 Å². The SMILES string of the molecule is c1ccc(-c2ccc(C3c4ccccc4-c4cc(-n5c6ccccc6c6cc7ccccc7c(-c7ccc8c9ccccc9n(-c9ccccc9)c8c7)c65)ccc43)cc2)cc1. The highest BCUT2D eigenvalue weighted by Crippen LogP contribution is 2.50. The maximum atomic E-state index is 2.54. The first kappa shape index (κ1) is 34.0. The van der Waals surface area contributed by atoms with Crippen molar-refractivity contribution in [2.45, 2.75) is 5.92 Å². The lowest BCUT2D eigenvalue weighted by Gasteiger charge is -2.17. The third kappa shape index (κ3) is 5.09. The summed E-state index contributed by atoms with van der Waals surface area (Å²) in [6.07, 6.45) is 0. The molecule has 0 saturated heterocycles. The Morgan fingerprint density at radius 1 is 0.311 bits per heavy atom. The van der Waals surface area contributed by atoms with Crippen LogP contribution in [0.5, 0.6) is 0 Å². The molecule has 1 aliphatic carbocycles. The van der Waals surface area contributed by atoms with Crippen molar-refractivity contribution in [2.24, 2.45) is 0 Å². The fourth-order valence-corrected chi connectivity index (χ4v) is 10.5. The van der Waals surface area contributed by atoms with Crippen molar-refractivity contribution in [3.63, 3.8) is 0 Å². The Bertz CT molecular complexity index is 3680. The Morgan fingerprint density at radius 3 is 1.70 bits per heavy atom. The highest BCUT2D eigenvalue weighted by atomic mass is 15.0. The van der Waals surface area contributed by atoms with Crippen molar-refractivity contribution in [1.29, 1.82) is 0 Å². The van der Waals surface area contributed by atoms with E-state index in [1.54, 1.807) is 0 Å². The van der Waals surface area contributed by atoms with E-state index in [0.29, 0.717) is 0 Å². The quantitative estimate of drug-likeness (QED) is 0.165. The Hall–Kier alpha value is -7.94. The minimum Gasteiger partial charge on any atom is -0.309 e. The predicted octanol–water partition coefficient (Wildman–Crippen LogP) is 15.5. The van der Waals surface area contributed by atoms with Gasteiger partial charge in [-0.2, -0.15) is 0 Å². The Balaban J connectivity index is 1.06. The number of hydrogen-bond donors (Lipinski definition) is 0. The molecule has 1 unspecified atom stereocenters. The maximum absolute atomic E-state index is 2.54. The third-order valence-electron chi connectivity index (χ3n) is 13.2. The molecule has 13 rings (SSSR count). The van der Waals surface area contributed by atoms with Crippen molar-refractivity contribution in [3.8, 4) is 44.8 Å². The monoisotopic (exact) mass is 774 g/mol. The van der Waals surface area contributed by atoms with E-state index in [9.17, 15) is 0 Å². The summed E-state index contributed by atoms with van der Waals surface area (Å²) in [7, 11) is 0. The molecule has 0 spiro atoms. The fourth-order valence-electron chi connectivity index (χ4n) is 10.5. The molecule has 0 aliphatic heterocycles. The van der Waals surface area contributed by atoms with Crippen LogP contribution in [0.2, 0.25) is 0 Å². The van der Waals surface area contributed by atoms with Crippen LogP contribution < -0.4 is 0 Å². The Kier molecular flexibility index (Phi) is 7.40. The van der Waals surface area contributed by atoms with Crippen LogP contribution in [-0.4, -0.2) is 9.13 Å². The fraction of sp³-hybridized carbons (Fsp3) is 0.0169. The van der Waals surface area contributed by atoms with E-state index >= 15 is 0 Å². The molecule has 0 saturated carbocycles. The zero-order valence-electron chi connectivity index (χ0n) is 33.3. The van der Waals surface area contributed by atoms with Gasteiger partial charge in [-0.3, -0.25) is 0 Å². The zero-order chi connectivity index (χ0) is 40.0. The summed E-state index contributed by atoms with van der Waals surface area (Å²) < 4.78 is 4.96. The molecule has 2 heteroatoms. The number of aromatic nitrogens is 2. The summed E-state index contributed by atoms with van der Waals surface area (Å²) in [5, 5.41) is 7.49. The van der Waals surface area contributed by atoms with Crippen LogP contribution in [0.4, 0.5) is 0 Å². The van der Waals surface area contributed by atoms with Gasteiger partial charge >= 0.3 is 0 Å². The summed E-state index contributed by atoms with van der Waals surface area (Å²) in [6.45, 7) is 0. The molecule has 61 heavy (non-hydrogen) atoms. The highest BCUT2D eigenvalue weighted by Gasteiger charge is 2.31. The molecule has 2 nitrogen and oxygen atoms in total. The second-order valence-corrected chi connectivity index (χ2v) is 16.4. The summed E-state index contributed by atoms with van der Waals surface area (Å²) in [5.41, 5.74) is 18.7. The van der Waals surface area contributed by atoms with Crippen LogP contribution in [0.1, 0.15) is 22.6 Å². The van der Waals surface area contributed by atoms with Crippen molar-refractivity contribution in [3.05, 3.63) is 241 Å². The Labute approximate surface area is 353 Å². The van der Waals surface area contributed by atoms with Crippen molar-refractivity contribution < 1.29 is 0 Å². The third-order valence-corrected chi connectivity index (χ3v) is 13.2. The van der Waals surface area contributed by atoms with Gasteiger partial charge in [-0.1, -0.05) is 176 Å². The molecule has 284 valence electrons. The van der Waals surface area contributed by atoms with Gasteiger partial charge in [0.05, 0.1) is 22.1 Å². The number of para-hydroxylation sites is 3. The molecule has 0 fully saturated rings. The van der Waals surface area contributed by atoms with Gasteiger partial charge in [0.1, 0.15) is 0 Å². The van der Waals surface area contributed by atoms with Crippen molar-refractivity contribution in [2.75, 3.05) is 0 Å². The molecule has 0 bridgehead atoms. The van der Waals surface area contributed by atoms with E-state index in [1.165, 1.54) is 104 Å². The van der Waals surface area contributed by atoms with E-state index in [4.69, 9.17) is 0 Å². The number of fused-ring (bicyclic) bond motifs is 10. The lowest BCUT2D eigenvalue weighted by Crippen LogP contribution is -2.00. The van der Waals surface area contributed by atoms with Gasteiger partial charge in [0.15, 0.2) is 0 Å². The van der Waals surface area contributed by atoms with E-state index in [0.717, 1.165) is 11.4 Å². The lowest BCUT2D eigenvalue weighted by atomic mass is 9.88. The van der Waals surface area contributed by atoms with Gasteiger partial charge < -0.3 is 9.13 Å². The van der Waals surface area contributed by atoms with Gasteiger partial charge in [0.25, 0.3) is 0 Å². The van der Waals surface area contributed by atoms with Gasteiger partial charge in [-0.15, -0.1) is 0 Å². The minimum atomic E-state index is 0.158. The molecule has 0 radical (unpaired) electrons. The number of benzene rings is 10. The second kappa shape index (κ2) is 13.3. The average molecular weight is 775 g/mol. The average Bonchev–Trinajstić information content (AvgIpc) is 3.96. The minimum absolute atomic E-state index is 0.158. The lowest BCUT2D eigenvalue weighted by molar-refractivity contribution is 1.01. The van der Waals surface area contributed by atoms with Crippen molar-refractivity contribution >= 4 is 54.4 Å². The molecule has 10 aromatic carbocycles. The smallest absolute Gasteiger partial charge is 0.0625 e. The summed E-state index contributed by atoms with van der Waals surface area (Å²) in [4.78, 5) is 0. The van der Waals surface area contributed by atoms with Crippen molar-refractivity contribution in [1.82, 2.24) is 9.13 Å². The van der Waals surface area contributed by atoms with Crippen LogP contribution in [0.3, 0.4) is 0 Å². The van der Waals surface area contributed by atoms with Crippen LogP contribution in [0.15, 0.2) is 224 Å². The van der Waals surface area contributed by atoms with Gasteiger partial charge in [0.2, 0.25) is 0 Å². The number of nitrogens with zero attached hydrogens (tertiary/aromatic N) is 2. The molecule has 1 aliphatic rings. The zero-order valence-corrected chi connectivity index (χ0v) is 33.3.